The maximum Gasteiger partial charge on any atom is 0.267 e. The number of rotatable bonds is 2. The standard InChI is InChI=1S/C24H22N4O2/c1-27-13-10-24(30,23(27)29)9-8-17-4-2-5-18(14-17)19-6-7-21-20(15-19)22(26-16-25-21)28-11-3-12-28/h2,4-7,14-16,30H,3,10-13H2,1H3. The summed E-state index contributed by atoms with van der Waals surface area (Å²) < 4.78 is 0. The van der Waals surface area contributed by atoms with Crippen LogP contribution in [-0.2, 0) is 4.79 Å². The number of likely N-dealkylation sites (N-methyl/N-ethyl adjacent to an activating group) is 1. The zero-order valence-electron chi connectivity index (χ0n) is 16.8. The molecule has 0 saturated carbocycles. The number of likely N-dealkylation sites (tertiary alicyclic amines) is 1. The molecule has 1 N–H and O–H groups in total. The molecule has 1 aromatic heterocycles. The zero-order chi connectivity index (χ0) is 20.7. The van der Waals surface area contributed by atoms with E-state index >= 15 is 0 Å². The van der Waals surface area contributed by atoms with Crippen LogP contribution in [0.3, 0.4) is 0 Å². The van der Waals surface area contributed by atoms with E-state index in [-0.39, 0.29) is 5.91 Å². The van der Waals surface area contributed by atoms with Crippen molar-refractivity contribution in [3.8, 4) is 23.0 Å². The minimum absolute atomic E-state index is 0.332. The Bertz CT molecular complexity index is 1210. The van der Waals surface area contributed by atoms with Crippen LogP contribution >= 0.6 is 0 Å². The summed E-state index contributed by atoms with van der Waals surface area (Å²) in [6.07, 6.45) is 3.15. The number of anilines is 1. The van der Waals surface area contributed by atoms with Crippen LogP contribution in [0.25, 0.3) is 22.0 Å². The predicted octanol–water partition coefficient (Wildman–Crippen LogP) is 2.45. The first-order valence-corrected chi connectivity index (χ1v) is 10.1. The number of fused-ring (bicyclic) bond motifs is 1. The summed E-state index contributed by atoms with van der Waals surface area (Å²) in [6.45, 7) is 2.57. The summed E-state index contributed by atoms with van der Waals surface area (Å²) in [5, 5.41) is 11.6. The van der Waals surface area contributed by atoms with E-state index in [9.17, 15) is 9.90 Å². The Morgan fingerprint density at radius 2 is 1.90 bits per heavy atom. The maximum absolute atomic E-state index is 12.1. The Kier molecular flexibility index (Phi) is 4.41. The van der Waals surface area contributed by atoms with Gasteiger partial charge in [0, 0.05) is 44.1 Å². The van der Waals surface area contributed by atoms with E-state index in [1.165, 1.54) is 11.3 Å². The number of aliphatic hydroxyl groups is 1. The Labute approximate surface area is 175 Å². The smallest absolute Gasteiger partial charge is 0.267 e. The van der Waals surface area contributed by atoms with Gasteiger partial charge >= 0.3 is 0 Å². The third-order valence-electron chi connectivity index (χ3n) is 5.89. The Morgan fingerprint density at radius 3 is 2.63 bits per heavy atom. The lowest BCUT2D eigenvalue weighted by Gasteiger charge is -2.32. The Balaban J connectivity index is 1.50. The van der Waals surface area contributed by atoms with Crippen molar-refractivity contribution in [1.82, 2.24) is 14.9 Å². The van der Waals surface area contributed by atoms with E-state index in [4.69, 9.17) is 0 Å². The van der Waals surface area contributed by atoms with Crippen molar-refractivity contribution >= 4 is 22.6 Å². The molecule has 2 fully saturated rings. The summed E-state index contributed by atoms with van der Waals surface area (Å²) in [6, 6.07) is 14.0. The molecule has 150 valence electrons. The second-order valence-corrected chi connectivity index (χ2v) is 7.94. The van der Waals surface area contributed by atoms with Gasteiger partial charge in [0.1, 0.15) is 12.1 Å². The molecule has 3 aromatic rings. The molecule has 1 unspecified atom stereocenters. The van der Waals surface area contributed by atoms with Gasteiger partial charge in [-0.2, -0.15) is 0 Å². The van der Waals surface area contributed by atoms with Gasteiger partial charge in [-0.05, 0) is 41.8 Å². The third kappa shape index (κ3) is 3.17. The highest BCUT2D eigenvalue weighted by atomic mass is 16.3. The van der Waals surface area contributed by atoms with Crippen LogP contribution in [0.4, 0.5) is 5.82 Å². The van der Waals surface area contributed by atoms with Crippen LogP contribution in [0.15, 0.2) is 48.8 Å². The second kappa shape index (κ2) is 7.12. The zero-order valence-corrected chi connectivity index (χ0v) is 16.8. The lowest BCUT2D eigenvalue weighted by Crippen LogP contribution is -2.37. The first-order chi connectivity index (χ1) is 14.5. The van der Waals surface area contributed by atoms with Gasteiger partial charge in [-0.25, -0.2) is 9.97 Å². The molecule has 6 heteroatoms. The van der Waals surface area contributed by atoms with Gasteiger partial charge in [-0.1, -0.05) is 30.0 Å². The highest BCUT2D eigenvalue weighted by Crippen LogP contribution is 2.31. The van der Waals surface area contributed by atoms with Crippen molar-refractivity contribution in [2.45, 2.75) is 18.4 Å². The molecule has 1 atom stereocenters. The summed E-state index contributed by atoms with van der Waals surface area (Å²) >= 11 is 0. The molecule has 2 aromatic carbocycles. The highest BCUT2D eigenvalue weighted by Gasteiger charge is 2.42. The van der Waals surface area contributed by atoms with Crippen LogP contribution in [0.1, 0.15) is 18.4 Å². The summed E-state index contributed by atoms with van der Waals surface area (Å²) in [7, 11) is 1.68. The van der Waals surface area contributed by atoms with E-state index in [1.807, 2.05) is 36.4 Å². The molecule has 0 spiro atoms. The van der Waals surface area contributed by atoms with Crippen molar-refractivity contribution in [2.24, 2.45) is 0 Å². The number of hydrogen-bond acceptors (Lipinski definition) is 5. The van der Waals surface area contributed by atoms with Crippen molar-refractivity contribution < 1.29 is 9.90 Å². The van der Waals surface area contributed by atoms with E-state index in [1.54, 1.807) is 13.4 Å². The van der Waals surface area contributed by atoms with Gasteiger partial charge in [-0.15, -0.1) is 0 Å². The number of amides is 1. The molecule has 2 aliphatic rings. The van der Waals surface area contributed by atoms with Crippen LogP contribution in [-0.4, -0.2) is 58.2 Å². The van der Waals surface area contributed by atoms with Gasteiger partial charge in [0.15, 0.2) is 0 Å². The van der Waals surface area contributed by atoms with Crippen LogP contribution in [0.5, 0.6) is 0 Å². The van der Waals surface area contributed by atoms with Gasteiger partial charge in [0.05, 0.1) is 5.52 Å². The quantitative estimate of drug-likeness (QED) is 0.672. The molecule has 6 nitrogen and oxygen atoms in total. The van der Waals surface area contributed by atoms with E-state index in [2.05, 4.69) is 32.8 Å². The van der Waals surface area contributed by atoms with Crippen molar-refractivity contribution in [3.63, 3.8) is 0 Å². The number of nitrogens with zero attached hydrogens (tertiary/aromatic N) is 4. The first kappa shape index (κ1) is 18.6. The van der Waals surface area contributed by atoms with E-state index in [0.717, 1.165) is 46.5 Å². The van der Waals surface area contributed by atoms with Crippen LogP contribution in [0.2, 0.25) is 0 Å². The fourth-order valence-corrected chi connectivity index (χ4v) is 3.92. The number of aromatic nitrogens is 2. The summed E-state index contributed by atoms with van der Waals surface area (Å²) in [5.74, 6) is 6.43. The molecule has 0 aliphatic carbocycles. The lowest BCUT2D eigenvalue weighted by molar-refractivity contribution is -0.137. The Morgan fingerprint density at radius 1 is 1.07 bits per heavy atom. The SMILES string of the molecule is CN1CCC(O)(C#Cc2cccc(-c3ccc4ncnc(N5CCC5)c4c3)c2)C1=O. The first-order valence-electron chi connectivity index (χ1n) is 10.1. The van der Waals surface area contributed by atoms with Gasteiger partial charge in [0.25, 0.3) is 5.91 Å². The molecule has 5 rings (SSSR count). The minimum Gasteiger partial charge on any atom is -0.369 e. The van der Waals surface area contributed by atoms with E-state index < -0.39 is 5.60 Å². The molecule has 2 saturated heterocycles. The lowest BCUT2D eigenvalue weighted by atomic mass is 9.99. The van der Waals surface area contributed by atoms with Crippen molar-refractivity contribution in [2.75, 3.05) is 31.6 Å². The van der Waals surface area contributed by atoms with Crippen LogP contribution < -0.4 is 4.90 Å². The van der Waals surface area contributed by atoms with Gasteiger partial charge < -0.3 is 14.9 Å². The number of benzene rings is 2. The Hall–Kier alpha value is -3.43. The maximum atomic E-state index is 12.1. The summed E-state index contributed by atoms with van der Waals surface area (Å²) in [4.78, 5) is 24.8. The fourth-order valence-electron chi connectivity index (χ4n) is 3.92. The van der Waals surface area contributed by atoms with Gasteiger partial charge in [0.2, 0.25) is 5.60 Å². The second-order valence-electron chi connectivity index (χ2n) is 7.94. The average molecular weight is 398 g/mol. The molecule has 2 aliphatic heterocycles. The normalized spacial score (nSPS) is 20.8. The molecule has 3 heterocycles. The van der Waals surface area contributed by atoms with E-state index in [0.29, 0.717) is 13.0 Å². The topological polar surface area (TPSA) is 69.6 Å². The third-order valence-corrected chi connectivity index (χ3v) is 5.89. The number of carbonyl (C=O) groups is 1. The fraction of sp³-hybridized carbons (Fsp3) is 0.292. The molecule has 30 heavy (non-hydrogen) atoms. The highest BCUT2D eigenvalue weighted by molar-refractivity contribution is 5.93. The molecular weight excluding hydrogens is 376 g/mol. The minimum atomic E-state index is -1.59. The largest absolute Gasteiger partial charge is 0.369 e. The molecule has 0 radical (unpaired) electrons. The number of hydrogen-bond donors (Lipinski definition) is 1. The summed E-state index contributed by atoms with van der Waals surface area (Å²) in [5.41, 5.74) is 2.17. The van der Waals surface area contributed by atoms with Crippen LogP contribution in [0, 0.1) is 11.8 Å². The monoisotopic (exact) mass is 398 g/mol. The van der Waals surface area contributed by atoms with Crippen molar-refractivity contribution in [1.29, 1.82) is 0 Å². The molecular formula is C24H22N4O2. The molecule has 1 amide bonds. The predicted molar refractivity (Wildman–Crippen MR) is 116 cm³/mol. The average Bonchev–Trinajstić information content (AvgIpc) is 2.99. The van der Waals surface area contributed by atoms with Gasteiger partial charge in [-0.3, -0.25) is 4.79 Å². The number of carbonyl (C=O) groups excluding carboxylic acids is 1. The van der Waals surface area contributed by atoms with Crippen molar-refractivity contribution in [3.05, 3.63) is 54.4 Å². The molecule has 0 bridgehead atoms.